The molecule has 0 aliphatic rings. The lowest BCUT2D eigenvalue weighted by Crippen LogP contribution is -1.92. The van der Waals surface area contributed by atoms with Crippen LogP contribution in [-0.2, 0) is 0 Å². The van der Waals surface area contributed by atoms with E-state index in [4.69, 9.17) is 11.0 Å². The molecular weight excluding hydrogens is 232 g/mol. The molecule has 0 saturated heterocycles. The van der Waals surface area contributed by atoms with Crippen LogP contribution in [0.3, 0.4) is 0 Å². The standard InChI is InChI=1S/C12H10N4S/c1-8-4-5-15-12(16-8)17-11-6-9(7-13)2-3-10(11)14/h2-6H,14H2,1H3. The van der Waals surface area contributed by atoms with E-state index < -0.39 is 0 Å². The average Bonchev–Trinajstić information content (AvgIpc) is 2.32. The Balaban J connectivity index is 2.33. The van der Waals surface area contributed by atoms with Crippen molar-refractivity contribution in [2.45, 2.75) is 17.0 Å². The molecule has 0 fully saturated rings. The molecule has 2 rings (SSSR count). The molecule has 1 aromatic heterocycles. The Morgan fingerprint density at radius 1 is 1.35 bits per heavy atom. The van der Waals surface area contributed by atoms with E-state index in [-0.39, 0.29) is 0 Å². The highest BCUT2D eigenvalue weighted by molar-refractivity contribution is 7.99. The minimum atomic E-state index is 0.578. The van der Waals surface area contributed by atoms with Crippen LogP contribution >= 0.6 is 11.8 Å². The third-order valence-electron chi connectivity index (χ3n) is 2.12. The van der Waals surface area contributed by atoms with Crippen molar-refractivity contribution in [1.29, 1.82) is 5.26 Å². The van der Waals surface area contributed by atoms with Gasteiger partial charge >= 0.3 is 0 Å². The molecule has 0 atom stereocenters. The highest BCUT2D eigenvalue weighted by Gasteiger charge is 2.05. The number of hydrogen-bond donors (Lipinski definition) is 1. The molecule has 0 aliphatic carbocycles. The molecule has 4 nitrogen and oxygen atoms in total. The number of aryl methyl sites for hydroxylation is 1. The zero-order valence-corrected chi connectivity index (χ0v) is 10.0. The Morgan fingerprint density at radius 2 is 2.18 bits per heavy atom. The van der Waals surface area contributed by atoms with Crippen LogP contribution in [0.1, 0.15) is 11.3 Å². The predicted molar refractivity (Wildman–Crippen MR) is 66.5 cm³/mol. The highest BCUT2D eigenvalue weighted by Crippen LogP contribution is 2.30. The first-order chi connectivity index (χ1) is 8.19. The van der Waals surface area contributed by atoms with Gasteiger partial charge in [-0.25, -0.2) is 9.97 Å². The van der Waals surface area contributed by atoms with Gasteiger partial charge < -0.3 is 5.73 Å². The Labute approximate surface area is 104 Å². The fourth-order valence-electron chi connectivity index (χ4n) is 1.27. The van der Waals surface area contributed by atoms with Crippen molar-refractivity contribution in [3.63, 3.8) is 0 Å². The molecule has 0 spiro atoms. The molecule has 1 aromatic carbocycles. The monoisotopic (exact) mass is 242 g/mol. The number of rotatable bonds is 2. The lowest BCUT2D eigenvalue weighted by Gasteiger charge is -2.04. The second kappa shape index (κ2) is 4.85. The maximum absolute atomic E-state index is 8.83. The van der Waals surface area contributed by atoms with Gasteiger partial charge in [-0.15, -0.1) is 0 Å². The number of anilines is 1. The van der Waals surface area contributed by atoms with Gasteiger partial charge in [-0.05, 0) is 43.0 Å². The summed E-state index contributed by atoms with van der Waals surface area (Å²) < 4.78 is 0. The van der Waals surface area contributed by atoms with Crippen LogP contribution in [0.25, 0.3) is 0 Å². The molecule has 0 radical (unpaired) electrons. The minimum Gasteiger partial charge on any atom is -0.398 e. The molecule has 0 aliphatic heterocycles. The van der Waals surface area contributed by atoms with Crippen molar-refractivity contribution in [1.82, 2.24) is 9.97 Å². The van der Waals surface area contributed by atoms with E-state index in [2.05, 4.69) is 16.0 Å². The van der Waals surface area contributed by atoms with Gasteiger partial charge in [0.25, 0.3) is 0 Å². The van der Waals surface area contributed by atoms with Crippen molar-refractivity contribution in [2.75, 3.05) is 5.73 Å². The van der Waals surface area contributed by atoms with Crippen LogP contribution in [0.15, 0.2) is 40.5 Å². The molecule has 5 heteroatoms. The van der Waals surface area contributed by atoms with Crippen LogP contribution in [0.4, 0.5) is 5.69 Å². The van der Waals surface area contributed by atoms with Gasteiger partial charge in [-0.1, -0.05) is 0 Å². The predicted octanol–water partition coefficient (Wildman–Crippen LogP) is 2.39. The van der Waals surface area contributed by atoms with Gasteiger partial charge in [0.2, 0.25) is 0 Å². The van der Waals surface area contributed by atoms with Crippen molar-refractivity contribution >= 4 is 17.4 Å². The zero-order chi connectivity index (χ0) is 12.3. The van der Waals surface area contributed by atoms with Crippen molar-refractivity contribution in [3.05, 3.63) is 41.7 Å². The molecule has 2 aromatic rings. The Morgan fingerprint density at radius 3 is 2.88 bits per heavy atom. The summed E-state index contributed by atoms with van der Waals surface area (Å²) in [5.41, 5.74) is 7.95. The number of aromatic nitrogens is 2. The topological polar surface area (TPSA) is 75.6 Å². The summed E-state index contributed by atoms with van der Waals surface area (Å²) in [5.74, 6) is 0. The first kappa shape index (κ1) is 11.4. The molecule has 0 bridgehead atoms. The Kier molecular flexibility index (Phi) is 3.26. The molecule has 0 amide bonds. The molecule has 84 valence electrons. The third kappa shape index (κ3) is 2.74. The smallest absolute Gasteiger partial charge is 0.192 e. The first-order valence-corrected chi connectivity index (χ1v) is 5.78. The molecule has 0 saturated carbocycles. The normalized spacial score (nSPS) is 9.88. The van der Waals surface area contributed by atoms with E-state index >= 15 is 0 Å². The van der Waals surface area contributed by atoms with Crippen molar-refractivity contribution in [2.24, 2.45) is 0 Å². The number of benzene rings is 1. The van der Waals surface area contributed by atoms with Gasteiger partial charge in [0, 0.05) is 22.5 Å². The van der Waals surface area contributed by atoms with Crippen LogP contribution in [0.5, 0.6) is 0 Å². The van der Waals surface area contributed by atoms with Gasteiger partial charge in [-0.3, -0.25) is 0 Å². The summed E-state index contributed by atoms with van der Waals surface area (Å²) in [6.07, 6.45) is 1.70. The van der Waals surface area contributed by atoms with Crippen LogP contribution in [0.2, 0.25) is 0 Å². The summed E-state index contributed by atoms with van der Waals surface area (Å²) in [6.45, 7) is 1.90. The summed E-state index contributed by atoms with van der Waals surface area (Å²) in [7, 11) is 0. The van der Waals surface area contributed by atoms with Gasteiger partial charge in [0.05, 0.1) is 11.6 Å². The van der Waals surface area contributed by atoms with Gasteiger partial charge in [-0.2, -0.15) is 5.26 Å². The number of nitrogen functional groups attached to an aromatic ring is 1. The highest BCUT2D eigenvalue weighted by atomic mass is 32.2. The van der Waals surface area contributed by atoms with Gasteiger partial charge in [0.15, 0.2) is 5.16 Å². The van der Waals surface area contributed by atoms with E-state index in [0.29, 0.717) is 16.4 Å². The minimum absolute atomic E-state index is 0.578. The van der Waals surface area contributed by atoms with Crippen molar-refractivity contribution < 1.29 is 0 Å². The molecule has 0 unspecified atom stereocenters. The van der Waals surface area contributed by atoms with Crippen molar-refractivity contribution in [3.8, 4) is 6.07 Å². The van der Waals surface area contributed by atoms with E-state index in [0.717, 1.165) is 10.6 Å². The largest absolute Gasteiger partial charge is 0.398 e. The van der Waals surface area contributed by atoms with Crippen LogP contribution in [0, 0.1) is 18.3 Å². The Bertz CT molecular complexity index is 589. The lowest BCUT2D eigenvalue weighted by molar-refractivity contribution is 0.932. The maximum Gasteiger partial charge on any atom is 0.192 e. The number of nitrogens with zero attached hydrogens (tertiary/aromatic N) is 3. The molecule has 17 heavy (non-hydrogen) atoms. The van der Waals surface area contributed by atoms with Gasteiger partial charge in [0.1, 0.15) is 0 Å². The second-order valence-electron chi connectivity index (χ2n) is 3.45. The first-order valence-electron chi connectivity index (χ1n) is 4.96. The SMILES string of the molecule is Cc1ccnc(Sc2cc(C#N)ccc2N)n1. The summed E-state index contributed by atoms with van der Waals surface area (Å²) in [5, 5.41) is 9.46. The quantitative estimate of drug-likeness (QED) is 0.646. The second-order valence-corrected chi connectivity index (χ2v) is 4.46. The van der Waals surface area contributed by atoms with E-state index in [9.17, 15) is 0 Å². The van der Waals surface area contributed by atoms with Crippen LogP contribution < -0.4 is 5.73 Å². The molecule has 2 N–H and O–H groups in total. The lowest BCUT2D eigenvalue weighted by atomic mass is 10.2. The van der Waals surface area contributed by atoms with E-state index in [1.54, 1.807) is 24.4 Å². The number of nitrogens with two attached hydrogens (primary N) is 1. The number of nitriles is 1. The summed E-state index contributed by atoms with van der Waals surface area (Å²) in [6, 6.07) is 9.07. The Hall–Kier alpha value is -2.06. The zero-order valence-electron chi connectivity index (χ0n) is 9.21. The van der Waals surface area contributed by atoms with E-state index in [1.807, 2.05) is 13.0 Å². The number of hydrogen-bond acceptors (Lipinski definition) is 5. The fraction of sp³-hybridized carbons (Fsp3) is 0.0833. The van der Waals surface area contributed by atoms with E-state index in [1.165, 1.54) is 11.8 Å². The maximum atomic E-state index is 8.83. The third-order valence-corrected chi connectivity index (χ3v) is 3.07. The van der Waals surface area contributed by atoms with Crippen LogP contribution in [-0.4, -0.2) is 9.97 Å². The molecular formula is C12H10N4S. The summed E-state index contributed by atoms with van der Waals surface area (Å²) in [4.78, 5) is 9.22. The molecule has 1 heterocycles. The summed E-state index contributed by atoms with van der Waals surface area (Å²) >= 11 is 1.36. The average molecular weight is 242 g/mol. The fourth-order valence-corrected chi connectivity index (χ4v) is 2.14.